The molecule has 0 bridgehead atoms. The highest BCUT2D eigenvalue weighted by molar-refractivity contribution is 5.91. The molecule has 0 aliphatic carbocycles. The Balaban J connectivity index is 3.29. The van der Waals surface area contributed by atoms with Crippen LogP contribution in [0.3, 0.4) is 0 Å². The Labute approximate surface area is 122 Å². The summed E-state index contributed by atoms with van der Waals surface area (Å²) in [4.78, 5) is 21.7. The standard InChI is InChI=1S/C16H28O4/c1-3-4-5-6-7-8-9-10-11-12-20-15(17)13-14(2)16(18)19/h2-13H2,1H3,(H,18,19). The van der Waals surface area contributed by atoms with Gasteiger partial charge >= 0.3 is 11.9 Å². The molecule has 116 valence electrons. The lowest BCUT2D eigenvalue weighted by molar-refractivity contribution is -0.144. The number of unbranched alkanes of at least 4 members (excludes halogenated alkanes) is 8. The quantitative estimate of drug-likeness (QED) is 0.314. The monoisotopic (exact) mass is 284 g/mol. The molecule has 0 saturated heterocycles. The third kappa shape index (κ3) is 11.8. The third-order valence-corrected chi connectivity index (χ3v) is 3.17. The zero-order valence-electron chi connectivity index (χ0n) is 12.7. The fraction of sp³-hybridized carbons (Fsp3) is 0.750. The Morgan fingerprint density at radius 1 is 0.950 bits per heavy atom. The van der Waals surface area contributed by atoms with Crippen LogP contribution >= 0.6 is 0 Å². The summed E-state index contributed by atoms with van der Waals surface area (Å²) in [7, 11) is 0. The minimum atomic E-state index is -1.15. The first-order chi connectivity index (χ1) is 9.57. The molecule has 0 aromatic rings. The summed E-state index contributed by atoms with van der Waals surface area (Å²) >= 11 is 0. The summed E-state index contributed by atoms with van der Waals surface area (Å²) in [5, 5.41) is 8.57. The summed E-state index contributed by atoms with van der Waals surface area (Å²) in [6.07, 6.45) is 10.6. The molecule has 0 spiro atoms. The number of carbonyl (C=O) groups is 2. The lowest BCUT2D eigenvalue weighted by atomic mass is 10.1. The van der Waals surface area contributed by atoms with E-state index in [-0.39, 0.29) is 12.0 Å². The average molecular weight is 284 g/mol. The molecule has 0 aromatic heterocycles. The van der Waals surface area contributed by atoms with E-state index in [2.05, 4.69) is 13.5 Å². The minimum absolute atomic E-state index is 0.123. The molecule has 0 fully saturated rings. The van der Waals surface area contributed by atoms with E-state index in [0.717, 1.165) is 12.8 Å². The van der Waals surface area contributed by atoms with E-state index in [9.17, 15) is 9.59 Å². The van der Waals surface area contributed by atoms with E-state index in [4.69, 9.17) is 9.84 Å². The summed E-state index contributed by atoms with van der Waals surface area (Å²) < 4.78 is 4.96. The van der Waals surface area contributed by atoms with Crippen molar-refractivity contribution in [3.63, 3.8) is 0 Å². The molecular formula is C16H28O4. The SMILES string of the molecule is C=C(CC(=O)OCCCCCCCCCCC)C(=O)O. The number of hydrogen-bond acceptors (Lipinski definition) is 3. The first-order valence-electron chi connectivity index (χ1n) is 7.64. The molecule has 0 unspecified atom stereocenters. The smallest absolute Gasteiger partial charge is 0.331 e. The van der Waals surface area contributed by atoms with Gasteiger partial charge in [-0.2, -0.15) is 0 Å². The molecule has 0 rings (SSSR count). The van der Waals surface area contributed by atoms with Crippen LogP contribution in [0.1, 0.15) is 71.1 Å². The highest BCUT2D eigenvalue weighted by Gasteiger charge is 2.10. The topological polar surface area (TPSA) is 63.6 Å². The maximum atomic E-state index is 11.2. The second-order valence-corrected chi connectivity index (χ2v) is 5.13. The maximum absolute atomic E-state index is 11.2. The van der Waals surface area contributed by atoms with E-state index in [1.54, 1.807) is 0 Å². The minimum Gasteiger partial charge on any atom is -0.478 e. The van der Waals surface area contributed by atoms with Crippen LogP contribution in [0.4, 0.5) is 0 Å². The van der Waals surface area contributed by atoms with Crippen LogP contribution in [0.5, 0.6) is 0 Å². The fourth-order valence-corrected chi connectivity index (χ4v) is 1.90. The molecule has 0 aliphatic heterocycles. The van der Waals surface area contributed by atoms with Crippen molar-refractivity contribution in [2.45, 2.75) is 71.1 Å². The van der Waals surface area contributed by atoms with Gasteiger partial charge in [-0.3, -0.25) is 4.79 Å². The predicted molar refractivity (Wildman–Crippen MR) is 79.6 cm³/mol. The van der Waals surface area contributed by atoms with Gasteiger partial charge in [-0.15, -0.1) is 0 Å². The second-order valence-electron chi connectivity index (χ2n) is 5.13. The van der Waals surface area contributed by atoms with Crippen molar-refractivity contribution in [2.24, 2.45) is 0 Å². The van der Waals surface area contributed by atoms with Crippen molar-refractivity contribution in [1.82, 2.24) is 0 Å². The molecule has 1 N–H and O–H groups in total. The van der Waals surface area contributed by atoms with Crippen molar-refractivity contribution in [2.75, 3.05) is 6.61 Å². The van der Waals surface area contributed by atoms with Crippen LogP contribution in [-0.4, -0.2) is 23.7 Å². The lowest BCUT2D eigenvalue weighted by Gasteiger charge is -2.05. The van der Waals surface area contributed by atoms with Crippen molar-refractivity contribution in [3.05, 3.63) is 12.2 Å². The van der Waals surface area contributed by atoms with Gasteiger partial charge in [0.1, 0.15) is 0 Å². The summed E-state index contributed by atoms with van der Waals surface area (Å²) in [5.74, 6) is -1.65. The average Bonchev–Trinajstić information content (AvgIpc) is 2.40. The second kappa shape index (κ2) is 12.7. The van der Waals surface area contributed by atoms with Crippen LogP contribution in [0.2, 0.25) is 0 Å². The highest BCUT2D eigenvalue weighted by atomic mass is 16.5. The van der Waals surface area contributed by atoms with Gasteiger partial charge in [0.2, 0.25) is 0 Å². The van der Waals surface area contributed by atoms with Crippen molar-refractivity contribution in [3.8, 4) is 0 Å². The first-order valence-corrected chi connectivity index (χ1v) is 7.64. The number of esters is 1. The van der Waals surface area contributed by atoms with Crippen molar-refractivity contribution in [1.29, 1.82) is 0 Å². The Kier molecular flexibility index (Phi) is 11.9. The molecule has 0 heterocycles. The predicted octanol–water partition coefficient (Wildman–Crippen LogP) is 4.09. The van der Waals surface area contributed by atoms with Crippen molar-refractivity contribution < 1.29 is 19.4 Å². The normalized spacial score (nSPS) is 10.2. The molecule has 20 heavy (non-hydrogen) atoms. The fourth-order valence-electron chi connectivity index (χ4n) is 1.90. The van der Waals surface area contributed by atoms with Gasteiger partial charge in [-0.25, -0.2) is 4.79 Å². The number of ether oxygens (including phenoxy) is 1. The zero-order chi connectivity index (χ0) is 15.2. The van der Waals surface area contributed by atoms with Gasteiger partial charge in [-0.1, -0.05) is 64.9 Å². The Morgan fingerprint density at radius 3 is 1.95 bits per heavy atom. The largest absolute Gasteiger partial charge is 0.478 e. The molecule has 0 radical (unpaired) electrons. The first kappa shape index (κ1) is 18.7. The van der Waals surface area contributed by atoms with Gasteiger partial charge < -0.3 is 9.84 Å². The highest BCUT2D eigenvalue weighted by Crippen LogP contribution is 2.09. The van der Waals surface area contributed by atoms with Gasteiger partial charge in [0.25, 0.3) is 0 Å². The van der Waals surface area contributed by atoms with Crippen LogP contribution in [0, 0.1) is 0 Å². The van der Waals surface area contributed by atoms with Crippen LogP contribution in [0.25, 0.3) is 0 Å². The Bertz CT molecular complexity index is 297. The lowest BCUT2D eigenvalue weighted by Crippen LogP contribution is -2.10. The van der Waals surface area contributed by atoms with E-state index in [1.165, 1.54) is 44.9 Å². The van der Waals surface area contributed by atoms with E-state index < -0.39 is 11.9 Å². The molecule has 4 nitrogen and oxygen atoms in total. The summed E-state index contributed by atoms with van der Waals surface area (Å²) in [6, 6.07) is 0. The molecule has 0 aliphatic rings. The van der Waals surface area contributed by atoms with Gasteiger partial charge in [0.15, 0.2) is 0 Å². The number of aliphatic carboxylic acids is 1. The molecule has 0 saturated carbocycles. The molecular weight excluding hydrogens is 256 g/mol. The number of carboxylic acids is 1. The summed E-state index contributed by atoms with van der Waals surface area (Å²) in [5.41, 5.74) is -0.123. The van der Waals surface area contributed by atoms with E-state index in [0.29, 0.717) is 6.61 Å². The van der Waals surface area contributed by atoms with Crippen LogP contribution in [-0.2, 0) is 14.3 Å². The van der Waals surface area contributed by atoms with Gasteiger partial charge in [0, 0.05) is 5.57 Å². The molecule has 0 amide bonds. The zero-order valence-corrected chi connectivity index (χ0v) is 12.7. The van der Waals surface area contributed by atoms with Crippen molar-refractivity contribution >= 4 is 11.9 Å². The number of hydrogen-bond donors (Lipinski definition) is 1. The van der Waals surface area contributed by atoms with E-state index >= 15 is 0 Å². The van der Waals surface area contributed by atoms with Gasteiger partial charge in [-0.05, 0) is 6.42 Å². The van der Waals surface area contributed by atoms with E-state index in [1.807, 2.05) is 0 Å². The molecule has 0 atom stereocenters. The molecule has 0 aromatic carbocycles. The number of rotatable bonds is 13. The molecule has 4 heteroatoms. The Morgan fingerprint density at radius 2 is 1.45 bits per heavy atom. The van der Waals surface area contributed by atoms with Crippen LogP contribution < -0.4 is 0 Å². The Hall–Kier alpha value is -1.32. The third-order valence-electron chi connectivity index (χ3n) is 3.17. The summed E-state index contributed by atoms with van der Waals surface area (Å²) in [6.45, 7) is 5.89. The van der Waals surface area contributed by atoms with Gasteiger partial charge in [0.05, 0.1) is 13.0 Å². The number of carbonyl (C=O) groups excluding carboxylic acids is 1. The van der Waals surface area contributed by atoms with Crippen LogP contribution in [0.15, 0.2) is 12.2 Å². The number of carboxylic acid groups (broad SMARTS) is 1. The maximum Gasteiger partial charge on any atom is 0.331 e.